The van der Waals surface area contributed by atoms with Crippen LogP contribution in [0.3, 0.4) is 0 Å². The number of aromatic nitrogens is 1. The van der Waals surface area contributed by atoms with Gasteiger partial charge in [-0.15, -0.1) is 0 Å². The van der Waals surface area contributed by atoms with Gasteiger partial charge in [0, 0.05) is 35.8 Å². The minimum atomic E-state index is -1.17. The van der Waals surface area contributed by atoms with Gasteiger partial charge in [0.25, 0.3) is 0 Å². The highest BCUT2D eigenvalue weighted by molar-refractivity contribution is 7.85. The van der Waals surface area contributed by atoms with Gasteiger partial charge in [0.15, 0.2) is 0 Å². The lowest BCUT2D eigenvalue weighted by Crippen LogP contribution is -2.24. The fraction of sp³-hybridized carbons (Fsp3) is 0.267. The Hall–Kier alpha value is -0.940. The van der Waals surface area contributed by atoms with Gasteiger partial charge in [-0.05, 0) is 42.8 Å². The summed E-state index contributed by atoms with van der Waals surface area (Å²) in [6.45, 7) is 2.68. The van der Waals surface area contributed by atoms with E-state index in [9.17, 15) is 4.21 Å². The fourth-order valence-corrected chi connectivity index (χ4v) is 3.58. The highest BCUT2D eigenvalue weighted by Gasteiger charge is 2.10. The van der Waals surface area contributed by atoms with Gasteiger partial charge in [0.2, 0.25) is 0 Å². The van der Waals surface area contributed by atoms with Crippen LogP contribution in [0.5, 0.6) is 0 Å². The molecule has 0 aliphatic carbocycles. The Morgan fingerprint density at radius 2 is 1.95 bits per heavy atom. The molecule has 3 nitrogen and oxygen atoms in total. The van der Waals surface area contributed by atoms with Crippen LogP contribution in [0.15, 0.2) is 47.6 Å². The van der Waals surface area contributed by atoms with Crippen LogP contribution in [-0.2, 0) is 10.8 Å². The van der Waals surface area contributed by atoms with E-state index < -0.39 is 10.8 Å². The van der Waals surface area contributed by atoms with Crippen LogP contribution < -0.4 is 5.32 Å². The summed E-state index contributed by atoms with van der Waals surface area (Å²) >= 11 is 12.0. The van der Waals surface area contributed by atoms with Gasteiger partial charge in [0.05, 0.1) is 20.7 Å². The Kier molecular flexibility index (Phi) is 6.18. The number of nitrogens with zero attached hydrogens (tertiary/aromatic N) is 1. The summed E-state index contributed by atoms with van der Waals surface area (Å²) in [6.07, 6.45) is 3.52. The lowest BCUT2D eigenvalue weighted by molar-refractivity contribution is 0.596. The summed E-state index contributed by atoms with van der Waals surface area (Å²) < 4.78 is 12.3. The molecule has 1 aromatic carbocycles. The van der Waals surface area contributed by atoms with Gasteiger partial charge in [-0.25, -0.2) is 0 Å². The van der Waals surface area contributed by atoms with Gasteiger partial charge >= 0.3 is 0 Å². The number of pyridine rings is 1. The Balaban J connectivity index is 1.88. The largest absolute Gasteiger partial charge is 0.309 e. The molecule has 0 fully saturated rings. The van der Waals surface area contributed by atoms with Crippen LogP contribution in [0.1, 0.15) is 18.5 Å². The summed E-state index contributed by atoms with van der Waals surface area (Å²) in [5, 5.41) is 4.37. The third kappa shape index (κ3) is 4.78. The average Bonchev–Trinajstić information content (AvgIpc) is 2.50. The first-order valence-electron chi connectivity index (χ1n) is 6.54. The lowest BCUT2D eigenvalue weighted by Gasteiger charge is -2.14. The molecule has 1 heterocycles. The molecule has 0 saturated heterocycles. The van der Waals surface area contributed by atoms with E-state index in [0.717, 1.165) is 5.56 Å². The SMILES string of the molecule is C[C@H](NCC[S@](=O)c1cc(Cl)ccc1Cl)c1ccncc1. The van der Waals surface area contributed by atoms with Crippen molar-refractivity contribution in [1.82, 2.24) is 10.3 Å². The predicted octanol–water partition coefficient (Wildman–Crippen LogP) is 3.85. The molecule has 0 aliphatic heterocycles. The van der Waals surface area contributed by atoms with Crippen LogP contribution in [0.2, 0.25) is 10.0 Å². The van der Waals surface area contributed by atoms with Crippen molar-refractivity contribution in [1.29, 1.82) is 0 Å². The highest BCUT2D eigenvalue weighted by atomic mass is 35.5. The smallest absolute Gasteiger partial charge is 0.0589 e. The maximum atomic E-state index is 12.3. The van der Waals surface area contributed by atoms with Crippen molar-refractivity contribution in [2.45, 2.75) is 17.9 Å². The Labute approximate surface area is 137 Å². The van der Waals surface area contributed by atoms with E-state index in [1.165, 1.54) is 0 Å². The molecule has 21 heavy (non-hydrogen) atoms. The van der Waals surface area contributed by atoms with Crippen molar-refractivity contribution in [3.05, 3.63) is 58.3 Å². The van der Waals surface area contributed by atoms with E-state index in [0.29, 0.717) is 27.2 Å². The van der Waals surface area contributed by atoms with Crippen molar-refractivity contribution in [3.8, 4) is 0 Å². The van der Waals surface area contributed by atoms with Crippen molar-refractivity contribution in [2.75, 3.05) is 12.3 Å². The minimum Gasteiger partial charge on any atom is -0.309 e. The number of halogens is 2. The number of rotatable bonds is 6. The molecule has 6 heteroatoms. The number of benzene rings is 1. The number of hydrogen-bond acceptors (Lipinski definition) is 3. The quantitative estimate of drug-likeness (QED) is 0.866. The third-order valence-corrected chi connectivity index (χ3v) is 5.16. The molecule has 0 aliphatic rings. The van der Waals surface area contributed by atoms with E-state index >= 15 is 0 Å². The fourth-order valence-electron chi connectivity index (χ4n) is 1.90. The minimum absolute atomic E-state index is 0.180. The van der Waals surface area contributed by atoms with E-state index in [2.05, 4.69) is 17.2 Å². The first-order valence-corrected chi connectivity index (χ1v) is 8.62. The highest BCUT2D eigenvalue weighted by Crippen LogP contribution is 2.23. The van der Waals surface area contributed by atoms with Gasteiger partial charge in [-0.1, -0.05) is 23.2 Å². The molecular weight excluding hydrogens is 327 g/mol. The standard InChI is InChI=1S/C15H16Cl2N2OS/c1-11(12-4-6-18-7-5-12)19-8-9-21(20)15-10-13(16)2-3-14(15)17/h2-7,10-11,19H,8-9H2,1H3/t11-,21-/m0/s1. The first-order chi connectivity index (χ1) is 10.1. The Morgan fingerprint density at radius 3 is 2.67 bits per heavy atom. The lowest BCUT2D eigenvalue weighted by atomic mass is 10.1. The molecule has 0 saturated carbocycles. The summed E-state index contributed by atoms with van der Waals surface area (Å²) in [5.74, 6) is 0.482. The number of nitrogens with one attached hydrogen (secondary N) is 1. The monoisotopic (exact) mass is 342 g/mol. The molecule has 112 valence electrons. The van der Waals surface area contributed by atoms with E-state index in [1.54, 1.807) is 30.6 Å². The van der Waals surface area contributed by atoms with Gasteiger partial charge < -0.3 is 5.32 Å². The Bertz CT molecular complexity index is 622. The second kappa shape index (κ2) is 7.90. The maximum Gasteiger partial charge on any atom is 0.0589 e. The molecular formula is C15H16Cl2N2OS. The Morgan fingerprint density at radius 1 is 1.24 bits per heavy atom. The second-order valence-corrected chi connectivity index (χ2v) is 6.96. The van der Waals surface area contributed by atoms with Crippen LogP contribution in [0.25, 0.3) is 0 Å². The normalized spacial score (nSPS) is 13.9. The van der Waals surface area contributed by atoms with Gasteiger partial charge in [0.1, 0.15) is 0 Å². The topological polar surface area (TPSA) is 42.0 Å². The third-order valence-electron chi connectivity index (χ3n) is 3.08. The molecule has 0 unspecified atom stereocenters. The summed E-state index contributed by atoms with van der Waals surface area (Å²) in [7, 11) is -1.17. The van der Waals surface area contributed by atoms with Crippen LogP contribution in [0, 0.1) is 0 Å². The molecule has 2 aromatic rings. The van der Waals surface area contributed by atoms with Crippen LogP contribution in [-0.4, -0.2) is 21.5 Å². The molecule has 2 atom stereocenters. The van der Waals surface area contributed by atoms with E-state index in [1.807, 2.05) is 12.1 Å². The molecule has 1 aromatic heterocycles. The average molecular weight is 343 g/mol. The molecule has 0 spiro atoms. The summed E-state index contributed by atoms with van der Waals surface area (Å²) in [4.78, 5) is 4.58. The molecule has 0 amide bonds. The molecule has 2 rings (SSSR count). The van der Waals surface area contributed by atoms with E-state index in [4.69, 9.17) is 23.2 Å². The zero-order valence-electron chi connectivity index (χ0n) is 11.6. The van der Waals surface area contributed by atoms with Crippen molar-refractivity contribution >= 4 is 34.0 Å². The van der Waals surface area contributed by atoms with Gasteiger partial charge in [-0.3, -0.25) is 9.19 Å². The summed E-state index contributed by atoms with van der Waals surface area (Å²) in [6, 6.07) is 9.12. The predicted molar refractivity (Wildman–Crippen MR) is 88.4 cm³/mol. The van der Waals surface area contributed by atoms with Gasteiger partial charge in [-0.2, -0.15) is 0 Å². The van der Waals surface area contributed by atoms with Crippen molar-refractivity contribution in [3.63, 3.8) is 0 Å². The first kappa shape index (κ1) is 16.4. The zero-order chi connectivity index (χ0) is 15.2. The van der Waals surface area contributed by atoms with Crippen LogP contribution >= 0.6 is 23.2 Å². The summed E-state index contributed by atoms with van der Waals surface area (Å²) in [5.41, 5.74) is 1.15. The maximum absolute atomic E-state index is 12.3. The number of hydrogen-bond donors (Lipinski definition) is 1. The second-order valence-electron chi connectivity index (χ2n) is 4.58. The molecule has 1 N–H and O–H groups in total. The van der Waals surface area contributed by atoms with Crippen molar-refractivity contribution < 1.29 is 4.21 Å². The van der Waals surface area contributed by atoms with Crippen molar-refractivity contribution in [2.24, 2.45) is 0 Å². The molecule has 0 bridgehead atoms. The zero-order valence-corrected chi connectivity index (χ0v) is 13.9. The molecule has 0 radical (unpaired) electrons. The van der Waals surface area contributed by atoms with Crippen LogP contribution in [0.4, 0.5) is 0 Å². The van der Waals surface area contributed by atoms with E-state index in [-0.39, 0.29) is 6.04 Å².